The normalized spacial score (nSPS) is 11.5. The molecule has 5 nitrogen and oxygen atoms in total. The van der Waals surface area contributed by atoms with Crippen LogP contribution in [-0.4, -0.2) is 25.7 Å². The minimum Gasteiger partial charge on any atom is -0.490 e. The molecule has 0 aromatic heterocycles. The van der Waals surface area contributed by atoms with Crippen LogP contribution in [0.3, 0.4) is 0 Å². The molecule has 1 amide bonds. The van der Waals surface area contributed by atoms with Crippen LogP contribution >= 0.6 is 0 Å². The third-order valence-electron chi connectivity index (χ3n) is 3.80. The predicted octanol–water partition coefficient (Wildman–Crippen LogP) is 4.05. The van der Waals surface area contributed by atoms with Crippen molar-refractivity contribution in [2.45, 2.75) is 33.7 Å². The number of carbonyl (C=O) groups is 1. The zero-order chi connectivity index (χ0) is 18.9. The zero-order valence-electron chi connectivity index (χ0n) is 15.9. The number of rotatable bonds is 9. The number of hydrogen-bond acceptors (Lipinski definition) is 4. The number of carbonyl (C=O) groups excluding carboxylic acids is 1. The summed E-state index contributed by atoms with van der Waals surface area (Å²) in [6, 6.07) is 13.2. The molecule has 26 heavy (non-hydrogen) atoms. The molecule has 2 aromatic rings. The predicted molar refractivity (Wildman–Crippen MR) is 102 cm³/mol. The fraction of sp³-hybridized carbons (Fsp3) is 0.381. The van der Waals surface area contributed by atoms with Gasteiger partial charge in [-0.15, -0.1) is 0 Å². The summed E-state index contributed by atoms with van der Waals surface area (Å²) >= 11 is 0. The maximum Gasteiger partial charge on any atom is 0.258 e. The summed E-state index contributed by atoms with van der Waals surface area (Å²) in [5.41, 5.74) is 2.04. The van der Waals surface area contributed by atoms with Crippen molar-refractivity contribution in [2.75, 3.05) is 19.8 Å². The Bertz CT molecular complexity index is 730. The molecule has 0 fully saturated rings. The molecular formula is C21H27NO4. The maximum absolute atomic E-state index is 12.2. The molecule has 2 aromatic carbocycles. The van der Waals surface area contributed by atoms with Crippen molar-refractivity contribution < 1.29 is 19.0 Å². The highest BCUT2D eigenvalue weighted by Gasteiger charge is 2.13. The van der Waals surface area contributed by atoms with E-state index >= 15 is 0 Å². The maximum atomic E-state index is 12.2. The van der Waals surface area contributed by atoms with Crippen molar-refractivity contribution in [1.82, 2.24) is 5.32 Å². The molecule has 0 saturated carbocycles. The van der Waals surface area contributed by atoms with Crippen LogP contribution < -0.4 is 19.5 Å². The molecule has 0 saturated heterocycles. The summed E-state index contributed by atoms with van der Waals surface area (Å²) in [6.45, 7) is 8.86. The largest absolute Gasteiger partial charge is 0.490 e. The smallest absolute Gasteiger partial charge is 0.258 e. The highest BCUT2D eigenvalue weighted by Crippen LogP contribution is 2.30. The molecule has 0 bridgehead atoms. The van der Waals surface area contributed by atoms with E-state index < -0.39 is 0 Å². The van der Waals surface area contributed by atoms with Gasteiger partial charge < -0.3 is 19.5 Å². The van der Waals surface area contributed by atoms with E-state index in [1.54, 1.807) is 0 Å². The minimum absolute atomic E-state index is 0.0247. The first-order valence-electron chi connectivity index (χ1n) is 8.91. The highest BCUT2D eigenvalue weighted by molar-refractivity contribution is 5.78. The van der Waals surface area contributed by atoms with E-state index in [-0.39, 0.29) is 18.6 Å². The molecule has 5 heteroatoms. The Kier molecular flexibility index (Phi) is 7.33. The van der Waals surface area contributed by atoms with Gasteiger partial charge in [-0.25, -0.2) is 0 Å². The number of ether oxygens (including phenoxy) is 3. The Morgan fingerprint density at radius 1 is 1.00 bits per heavy atom. The lowest BCUT2D eigenvalue weighted by atomic mass is 10.1. The van der Waals surface area contributed by atoms with Crippen LogP contribution in [0.15, 0.2) is 42.5 Å². The van der Waals surface area contributed by atoms with Gasteiger partial charge in [-0.2, -0.15) is 0 Å². The van der Waals surface area contributed by atoms with E-state index in [4.69, 9.17) is 14.2 Å². The van der Waals surface area contributed by atoms with Crippen molar-refractivity contribution in [3.63, 3.8) is 0 Å². The van der Waals surface area contributed by atoms with E-state index in [0.29, 0.717) is 30.5 Å². The van der Waals surface area contributed by atoms with Crippen LogP contribution in [-0.2, 0) is 4.79 Å². The molecule has 0 aliphatic carbocycles. The molecule has 2 rings (SSSR count). The molecule has 1 unspecified atom stereocenters. The Morgan fingerprint density at radius 3 is 2.42 bits per heavy atom. The number of amides is 1. The fourth-order valence-corrected chi connectivity index (χ4v) is 2.56. The van der Waals surface area contributed by atoms with E-state index in [9.17, 15) is 4.79 Å². The van der Waals surface area contributed by atoms with Gasteiger partial charge in [0.15, 0.2) is 18.1 Å². The minimum atomic E-state index is -0.175. The van der Waals surface area contributed by atoms with Gasteiger partial charge in [-0.3, -0.25) is 4.79 Å². The van der Waals surface area contributed by atoms with Gasteiger partial charge >= 0.3 is 0 Å². The summed E-state index contributed by atoms with van der Waals surface area (Å²) in [4.78, 5) is 12.2. The van der Waals surface area contributed by atoms with Crippen LogP contribution in [0.5, 0.6) is 17.2 Å². The van der Waals surface area contributed by atoms with Crippen molar-refractivity contribution in [3.05, 3.63) is 53.6 Å². The van der Waals surface area contributed by atoms with Gasteiger partial charge in [0.05, 0.1) is 19.3 Å². The zero-order valence-corrected chi connectivity index (χ0v) is 15.9. The highest BCUT2D eigenvalue weighted by atomic mass is 16.5. The van der Waals surface area contributed by atoms with Gasteiger partial charge in [0.25, 0.3) is 5.91 Å². The third-order valence-corrected chi connectivity index (χ3v) is 3.80. The van der Waals surface area contributed by atoms with Crippen LogP contribution in [0.2, 0.25) is 0 Å². The fourth-order valence-electron chi connectivity index (χ4n) is 2.56. The molecule has 0 spiro atoms. The Labute approximate surface area is 155 Å². The second kappa shape index (κ2) is 9.70. The van der Waals surface area contributed by atoms with Gasteiger partial charge in [-0.05, 0) is 63.1 Å². The standard InChI is InChI=1S/C21H27NO4/c1-5-24-19-11-10-17(13-20(19)25-6-2)16(4)22-21(23)14-26-18-9-7-8-15(3)12-18/h7-13,16H,5-6,14H2,1-4H3,(H,22,23). The quantitative estimate of drug-likeness (QED) is 0.736. The first-order valence-corrected chi connectivity index (χ1v) is 8.91. The molecule has 0 aliphatic heterocycles. The molecule has 140 valence electrons. The van der Waals surface area contributed by atoms with Crippen molar-refractivity contribution in [3.8, 4) is 17.2 Å². The molecule has 1 atom stereocenters. The summed E-state index contributed by atoms with van der Waals surface area (Å²) in [5, 5.41) is 2.94. The van der Waals surface area contributed by atoms with Crippen LogP contribution in [0.4, 0.5) is 0 Å². The lowest BCUT2D eigenvalue weighted by Crippen LogP contribution is -2.31. The van der Waals surface area contributed by atoms with Crippen LogP contribution in [0.25, 0.3) is 0 Å². The average Bonchev–Trinajstić information content (AvgIpc) is 2.62. The first-order chi connectivity index (χ1) is 12.5. The Morgan fingerprint density at radius 2 is 1.73 bits per heavy atom. The van der Waals surface area contributed by atoms with Crippen LogP contribution in [0, 0.1) is 6.92 Å². The lowest BCUT2D eigenvalue weighted by Gasteiger charge is -2.17. The second-order valence-electron chi connectivity index (χ2n) is 5.97. The van der Waals surface area contributed by atoms with E-state index in [1.165, 1.54) is 0 Å². The summed E-state index contributed by atoms with van der Waals surface area (Å²) in [6.07, 6.45) is 0. The second-order valence-corrected chi connectivity index (χ2v) is 5.97. The average molecular weight is 357 g/mol. The van der Waals surface area contributed by atoms with Crippen molar-refractivity contribution in [1.29, 1.82) is 0 Å². The molecular weight excluding hydrogens is 330 g/mol. The van der Waals surface area contributed by atoms with Crippen molar-refractivity contribution >= 4 is 5.91 Å². The van der Waals surface area contributed by atoms with Crippen LogP contribution in [0.1, 0.15) is 37.9 Å². The summed E-state index contributed by atoms with van der Waals surface area (Å²) in [7, 11) is 0. The van der Waals surface area contributed by atoms with Crippen molar-refractivity contribution in [2.24, 2.45) is 0 Å². The topological polar surface area (TPSA) is 56.8 Å². The van der Waals surface area contributed by atoms with Gasteiger partial charge in [0.2, 0.25) is 0 Å². The Hall–Kier alpha value is -2.69. The monoisotopic (exact) mass is 357 g/mol. The number of aryl methyl sites for hydroxylation is 1. The summed E-state index contributed by atoms with van der Waals surface area (Å²) in [5.74, 6) is 1.90. The molecule has 0 radical (unpaired) electrons. The Balaban J connectivity index is 1.96. The number of benzene rings is 2. The van der Waals surface area contributed by atoms with E-state index in [0.717, 1.165) is 11.1 Å². The van der Waals surface area contributed by atoms with Gasteiger partial charge in [-0.1, -0.05) is 18.2 Å². The number of nitrogens with one attached hydrogen (secondary N) is 1. The third kappa shape index (κ3) is 5.69. The molecule has 0 aliphatic rings. The van der Waals surface area contributed by atoms with E-state index in [1.807, 2.05) is 70.2 Å². The lowest BCUT2D eigenvalue weighted by molar-refractivity contribution is -0.123. The molecule has 1 N–H and O–H groups in total. The molecule has 0 heterocycles. The van der Waals surface area contributed by atoms with E-state index in [2.05, 4.69) is 5.32 Å². The summed E-state index contributed by atoms with van der Waals surface area (Å²) < 4.78 is 16.8. The SMILES string of the molecule is CCOc1ccc(C(C)NC(=O)COc2cccc(C)c2)cc1OCC. The first kappa shape index (κ1) is 19.6. The number of hydrogen-bond donors (Lipinski definition) is 1. The van der Waals surface area contributed by atoms with Gasteiger partial charge in [0.1, 0.15) is 5.75 Å². The van der Waals surface area contributed by atoms with Gasteiger partial charge in [0, 0.05) is 0 Å².